The first-order valence-corrected chi connectivity index (χ1v) is 16.2. The van der Waals surface area contributed by atoms with Gasteiger partial charge in [0.15, 0.2) is 0 Å². The number of likely N-dealkylation sites (N-methyl/N-ethyl adjacent to an activating group) is 1. The summed E-state index contributed by atoms with van der Waals surface area (Å²) in [7, 11) is 1.78. The molecular weight excluding hydrogens is 596 g/mol. The molecule has 1 N–H and O–H groups in total. The number of ether oxygens (including phenoxy) is 1. The van der Waals surface area contributed by atoms with Crippen molar-refractivity contribution < 1.29 is 32.2 Å². The molecule has 0 bridgehead atoms. The second kappa shape index (κ2) is 15.4. The molecule has 2 aromatic carbocycles. The van der Waals surface area contributed by atoms with Gasteiger partial charge in [0.2, 0.25) is 0 Å². The number of carbonyl (C=O) groups is 1. The van der Waals surface area contributed by atoms with Crippen LogP contribution in [0.1, 0.15) is 103 Å². The van der Waals surface area contributed by atoms with Crippen LogP contribution < -0.4 is 0 Å². The summed E-state index contributed by atoms with van der Waals surface area (Å²) in [5, 5.41) is 11.2. The van der Waals surface area contributed by atoms with Crippen LogP contribution in [0.3, 0.4) is 0 Å². The van der Waals surface area contributed by atoms with E-state index in [9.17, 15) is 27.5 Å². The van der Waals surface area contributed by atoms with Crippen LogP contribution in [0.25, 0.3) is 0 Å². The molecule has 2 atom stereocenters. The molecular formula is C34H45ClF4N2O3. The highest BCUT2D eigenvalue weighted by molar-refractivity contribution is 6.30. The number of hydrogen-bond acceptors (Lipinski definition) is 4. The Balaban J connectivity index is 1.54. The number of rotatable bonds is 12. The first-order valence-electron chi connectivity index (χ1n) is 15.8. The Morgan fingerprint density at radius 1 is 1.05 bits per heavy atom. The summed E-state index contributed by atoms with van der Waals surface area (Å²) in [4.78, 5) is 17.1. The highest BCUT2D eigenvalue weighted by Gasteiger charge is 2.37. The quantitative estimate of drug-likeness (QED) is 0.235. The van der Waals surface area contributed by atoms with Crippen LogP contribution in [0.4, 0.5) is 17.6 Å². The van der Waals surface area contributed by atoms with Gasteiger partial charge in [0, 0.05) is 5.02 Å². The molecule has 0 aromatic heterocycles. The number of halogens is 5. The molecule has 0 radical (unpaired) electrons. The Bertz CT molecular complexity index is 1260. The Hall–Kier alpha value is -2.20. The summed E-state index contributed by atoms with van der Waals surface area (Å²) in [6.45, 7) is 7.34. The number of piperidine rings is 1. The monoisotopic (exact) mass is 640 g/mol. The lowest BCUT2D eigenvalue weighted by atomic mass is 9.77. The van der Waals surface area contributed by atoms with Crippen molar-refractivity contribution in [2.75, 3.05) is 33.2 Å². The predicted octanol–water partition coefficient (Wildman–Crippen LogP) is 8.77. The molecule has 1 saturated carbocycles. The van der Waals surface area contributed by atoms with Gasteiger partial charge in [-0.05, 0) is 156 Å². The Morgan fingerprint density at radius 2 is 1.73 bits per heavy atom. The third kappa shape index (κ3) is 9.18. The van der Waals surface area contributed by atoms with Crippen molar-refractivity contribution in [2.24, 2.45) is 0 Å². The van der Waals surface area contributed by atoms with Gasteiger partial charge in [0.25, 0.3) is 0 Å². The fourth-order valence-corrected chi connectivity index (χ4v) is 7.42. The van der Waals surface area contributed by atoms with E-state index >= 15 is 0 Å². The lowest BCUT2D eigenvalue weighted by Crippen LogP contribution is -2.35. The molecule has 10 heteroatoms. The summed E-state index contributed by atoms with van der Waals surface area (Å²) in [5.74, 6) is -1.57. The maximum atomic E-state index is 14.9. The molecule has 4 rings (SSSR count). The lowest BCUT2D eigenvalue weighted by molar-refractivity contribution is -0.345. The predicted molar refractivity (Wildman–Crippen MR) is 165 cm³/mol. The van der Waals surface area contributed by atoms with Crippen LogP contribution in [0.5, 0.6) is 0 Å². The molecule has 0 unspecified atom stereocenters. The van der Waals surface area contributed by atoms with Gasteiger partial charge < -0.3 is 10.0 Å². The van der Waals surface area contributed by atoms with Gasteiger partial charge in [-0.15, -0.1) is 13.2 Å². The minimum atomic E-state index is -4.70. The number of nitrogens with zero attached hydrogens (tertiary/aromatic N) is 2. The molecule has 1 aliphatic heterocycles. The molecule has 2 aliphatic rings. The molecule has 0 amide bonds. The van der Waals surface area contributed by atoms with Gasteiger partial charge >= 0.3 is 12.3 Å². The number of aliphatic carboxylic acids is 1. The molecule has 2 fully saturated rings. The second-order valence-electron chi connectivity index (χ2n) is 12.6. The van der Waals surface area contributed by atoms with Crippen LogP contribution in [0.2, 0.25) is 5.02 Å². The number of aryl methyl sites for hydroxylation is 1. The molecule has 0 spiro atoms. The highest BCUT2D eigenvalue weighted by Crippen LogP contribution is 2.42. The molecule has 1 saturated heterocycles. The molecule has 1 aliphatic carbocycles. The third-order valence-electron chi connectivity index (χ3n) is 9.59. The van der Waals surface area contributed by atoms with Gasteiger partial charge in [-0.25, -0.2) is 4.39 Å². The topological polar surface area (TPSA) is 53.0 Å². The van der Waals surface area contributed by atoms with Crippen molar-refractivity contribution in [2.45, 2.75) is 102 Å². The maximum Gasteiger partial charge on any atom is 0.522 e. The Kier molecular flexibility index (Phi) is 12.1. The Morgan fingerprint density at radius 3 is 2.36 bits per heavy atom. The van der Waals surface area contributed by atoms with Crippen LogP contribution in [0, 0.1) is 19.7 Å². The van der Waals surface area contributed by atoms with Gasteiger partial charge in [-0.3, -0.25) is 14.4 Å². The summed E-state index contributed by atoms with van der Waals surface area (Å²) in [6, 6.07) is 7.74. The number of carboxylic acid groups (broad SMARTS) is 1. The minimum Gasteiger partial charge on any atom is -0.480 e. The van der Waals surface area contributed by atoms with E-state index in [-0.39, 0.29) is 24.7 Å². The van der Waals surface area contributed by atoms with Crippen LogP contribution in [0.15, 0.2) is 30.3 Å². The van der Waals surface area contributed by atoms with Gasteiger partial charge in [-0.1, -0.05) is 30.2 Å². The van der Waals surface area contributed by atoms with Crippen molar-refractivity contribution in [3.63, 3.8) is 0 Å². The molecule has 2 aromatic rings. The van der Waals surface area contributed by atoms with Gasteiger partial charge in [-0.2, -0.15) is 0 Å². The largest absolute Gasteiger partial charge is 0.522 e. The second-order valence-corrected chi connectivity index (χ2v) is 13.0. The molecule has 244 valence electrons. The smallest absolute Gasteiger partial charge is 0.480 e. The summed E-state index contributed by atoms with van der Waals surface area (Å²) in [5.41, 5.74) is 3.78. The lowest BCUT2D eigenvalue weighted by Gasteiger charge is -2.34. The number of benzene rings is 2. The van der Waals surface area contributed by atoms with E-state index in [1.54, 1.807) is 20.0 Å². The summed E-state index contributed by atoms with van der Waals surface area (Å²) in [6.07, 6.45) is 0.740. The van der Waals surface area contributed by atoms with Crippen molar-refractivity contribution in [1.82, 2.24) is 9.80 Å². The SMILES string of the molecule is Cc1ccc(Cl)cc1[C@@H](CCN1CCCCC1)CCN(C)[C@@H](C(=O)O)c1ccc(F)c(C)c1C1CCC(OC(F)(F)F)CC1. The van der Waals surface area contributed by atoms with E-state index in [1.807, 2.05) is 23.1 Å². The average molecular weight is 641 g/mol. The average Bonchev–Trinajstić information content (AvgIpc) is 2.97. The maximum absolute atomic E-state index is 14.9. The van der Waals surface area contributed by atoms with E-state index in [2.05, 4.69) is 16.6 Å². The van der Waals surface area contributed by atoms with E-state index in [1.165, 1.54) is 30.9 Å². The van der Waals surface area contributed by atoms with Gasteiger partial charge in [0.05, 0.1) is 6.10 Å². The first kappa shape index (κ1) is 34.7. The zero-order valence-electron chi connectivity index (χ0n) is 25.9. The van der Waals surface area contributed by atoms with E-state index in [4.69, 9.17) is 11.6 Å². The number of likely N-dealkylation sites (tertiary alicyclic amines) is 1. The zero-order valence-corrected chi connectivity index (χ0v) is 26.7. The van der Waals surface area contributed by atoms with Crippen molar-refractivity contribution in [3.05, 3.63) is 69.0 Å². The fraction of sp³-hybridized carbons (Fsp3) is 0.618. The zero-order chi connectivity index (χ0) is 32.0. The van der Waals surface area contributed by atoms with E-state index < -0.39 is 30.3 Å². The first-order chi connectivity index (χ1) is 20.8. The third-order valence-corrected chi connectivity index (χ3v) is 9.82. The summed E-state index contributed by atoms with van der Waals surface area (Å²) >= 11 is 6.41. The van der Waals surface area contributed by atoms with Crippen molar-refractivity contribution in [1.29, 1.82) is 0 Å². The van der Waals surface area contributed by atoms with Crippen molar-refractivity contribution >= 4 is 17.6 Å². The van der Waals surface area contributed by atoms with Gasteiger partial charge in [0.1, 0.15) is 11.9 Å². The highest BCUT2D eigenvalue weighted by atomic mass is 35.5. The molecule has 5 nitrogen and oxygen atoms in total. The van der Waals surface area contributed by atoms with Crippen molar-refractivity contribution in [3.8, 4) is 0 Å². The van der Waals surface area contributed by atoms with E-state index in [0.29, 0.717) is 47.5 Å². The standard InChI is InChI=1S/C34H45ClF4N2O3/c1-22-7-10-26(35)21-29(22)24(16-20-41-17-5-4-6-18-41)15-19-40(3)32(33(42)43)28-13-14-30(36)23(2)31(28)25-8-11-27(12-9-25)44-34(37,38)39/h7,10,13-14,21,24-25,27,32H,4-6,8-9,11-12,15-20H2,1-3H3,(H,42,43)/t24-,25?,27?,32-/m1/s1. The molecule has 44 heavy (non-hydrogen) atoms. The normalized spacial score (nSPS) is 21.4. The number of carboxylic acids is 1. The van der Waals surface area contributed by atoms with Crippen LogP contribution in [-0.2, 0) is 9.53 Å². The van der Waals surface area contributed by atoms with Crippen LogP contribution >= 0.6 is 11.6 Å². The molecule has 1 heterocycles. The fourth-order valence-electron chi connectivity index (χ4n) is 7.24. The van der Waals surface area contributed by atoms with E-state index in [0.717, 1.165) is 31.6 Å². The summed E-state index contributed by atoms with van der Waals surface area (Å²) < 4.78 is 57.5. The number of hydrogen-bond donors (Lipinski definition) is 1. The minimum absolute atomic E-state index is 0.171. The van der Waals surface area contributed by atoms with Crippen LogP contribution in [-0.4, -0.2) is 66.6 Å². The Labute approximate surface area is 263 Å². The number of alkyl halides is 3.